The van der Waals surface area contributed by atoms with Crippen LogP contribution >= 0.6 is 0 Å². The summed E-state index contributed by atoms with van der Waals surface area (Å²) in [5.41, 5.74) is 5.42. The molecule has 17 heavy (non-hydrogen) atoms. The van der Waals surface area contributed by atoms with Crippen LogP contribution in [0, 0.1) is 0 Å². The Morgan fingerprint density at radius 1 is 1.29 bits per heavy atom. The molecule has 0 unspecified atom stereocenters. The lowest BCUT2D eigenvalue weighted by Crippen LogP contribution is -2.22. The Balaban J connectivity index is 1.95. The molecular weight excluding hydrogens is 218 g/mol. The average Bonchev–Trinajstić information content (AvgIpc) is 2.61. The second-order valence-electron chi connectivity index (χ2n) is 4.93. The van der Waals surface area contributed by atoms with Crippen molar-refractivity contribution < 1.29 is 9.47 Å². The van der Waals surface area contributed by atoms with Gasteiger partial charge in [0.1, 0.15) is 5.82 Å². The molecule has 0 aromatic carbocycles. The van der Waals surface area contributed by atoms with Crippen molar-refractivity contribution >= 4 is 5.82 Å². The monoisotopic (exact) mass is 241 g/mol. The molecule has 0 saturated carbocycles. The predicted octanol–water partition coefficient (Wildman–Crippen LogP) is 1.69. The van der Waals surface area contributed by atoms with E-state index in [4.69, 9.17) is 15.2 Å². The third-order valence-corrected chi connectivity index (χ3v) is 2.10. The van der Waals surface area contributed by atoms with E-state index in [-0.39, 0.29) is 5.60 Å². The van der Waals surface area contributed by atoms with Crippen molar-refractivity contribution in [3.8, 4) is 0 Å². The van der Waals surface area contributed by atoms with Gasteiger partial charge in [0, 0.05) is 19.3 Å². The number of rotatable bonds is 7. The molecule has 2 N–H and O–H groups in total. The van der Waals surface area contributed by atoms with E-state index in [0.29, 0.717) is 25.6 Å². The van der Waals surface area contributed by atoms with Crippen molar-refractivity contribution in [3.63, 3.8) is 0 Å². The second-order valence-corrected chi connectivity index (χ2v) is 4.93. The van der Waals surface area contributed by atoms with Gasteiger partial charge in [0.2, 0.25) is 0 Å². The first-order chi connectivity index (χ1) is 7.97. The molecule has 1 aromatic heterocycles. The van der Waals surface area contributed by atoms with Gasteiger partial charge in [0.15, 0.2) is 0 Å². The molecule has 0 atom stereocenters. The van der Waals surface area contributed by atoms with E-state index in [9.17, 15) is 0 Å². The summed E-state index contributed by atoms with van der Waals surface area (Å²) in [6, 6.07) is 1.79. The highest BCUT2D eigenvalue weighted by molar-refractivity contribution is 5.23. The molecule has 0 aliphatic rings. The third-order valence-electron chi connectivity index (χ3n) is 2.10. The van der Waals surface area contributed by atoms with Crippen LogP contribution in [0.5, 0.6) is 0 Å². The van der Waals surface area contributed by atoms with Crippen LogP contribution in [0.1, 0.15) is 27.2 Å². The number of nitrogens with zero attached hydrogens (tertiary/aromatic N) is 2. The summed E-state index contributed by atoms with van der Waals surface area (Å²) in [6.45, 7) is 8.93. The zero-order chi connectivity index (χ0) is 12.7. The zero-order valence-electron chi connectivity index (χ0n) is 11.0. The van der Waals surface area contributed by atoms with Gasteiger partial charge < -0.3 is 15.2 Å². The van der Waals surface area contributed by atoms with Crippen molar-refractivity contribution in [2.75, 3.05) is 25.6 Å². The molecule has 0 bridgehead atoms. The van der Waals surface area contributed by atoms with Gasteiger partial charge in [-0.15, -0.1) is 0 Å². The Labute approximate surface area is 103 Å². The first-order valence-electron chi connectivity index (χ1n) is 5.98. The Hall–Kier alpha value is -1.07. The summed E-state index contributed by atoms with van der Waals surface area (Å²) in [5.74, 6) is 0.560. The van der Waals surface area contributed by atoms with Crippen LogP contribution in [-0.4, -0.2) is 35.2 Å². The normalized spacial score (nSPS) is 11.9. The van der Waals surface area contributed by atoms with E-state index in [1.165, 1.54) is 0 Å². The molecule has 5 nitrogen and oxygen atoms in total. The van der Waals surface area contributed by atoms with Gasteiger partial charge in [0.25, 0.3) is 0 Å². The van der Waals surface area contributed by atoms with E-state index >= 15 is 0 Å². The molecule has 1 aromatic rings. The highest BCUT2D eigenvalue weighted by atomic mass is 16.5. The van der Waals surface area contributed by atoms with Crippen LogP contribution in [0.15, 0.2) is 12.3 Å². The fourth-order valence-corrected chi connectivity index (χ4v) is 1.34. The van der Waals surface area contributed by atoms with E-state index in [1.807, 2.05) is 31.6 Å². The number of aromatic nitrogens is 2. The van der Waals surface area contributed by atoms with Crippen molar-refractivity contribution in [1.82, 2.24) is 9.78 Å². The molecule has 0 spiro atoms. The van der Waals surface area contributed by atoms with E-state index < -0.39 is 0 Å². The van der Waals surface area contributed by atoms with Crippen molar-refractivity contribution in [2.24, 2.45) is 0 Å². The Bertz CT molecular complexity index is 318. The summed E-state index contributed by atoms with van der Waals surface area (Å²) < 4.78 is 12.8. The minimum atomic E-state index is -0.0874. The Morgan fingerprint density at radius 3 is 2.65 bits per heavy atom. The van der Waals surface area contributed by atoms with Crippen LogP contribution in [0.2, 0.25) is 0 Å². The topological polar surface area (TPSA) is 62.3 Å². The van der Waals surface area contributed by atoms with Crippen molar-refractivity contribution in [3.05, 3.63) is 12.3 Å². The highest BCUT2D eigenvalue weighted by Crippen LogP contribution is 2.05. The molecule has 1 rings (SSSR count). The maximum absolute atomic E-state index is 5.54. The van der Waals surface area contributed by atoms with Gasteiger partial charge in [-0.05, 0) is 33.3 Å². The number of nitrogen functional groups attached to an aromatic ring is 1. The van der Waals surface area contributed by atoms with Gasteiger partial charge >= 0.3 is 0 Å². The van der Waals surface area contributed by atoms with E-state index in [2.05, 4.69) is 5.10 Å². The molecule has 0 radical (unpaired) electrons. The fraction of sp³-hybridized carbons (Fsp3) is 0.750. The first kappa shape index (κ1) is 14.0. The van der Waals surface area contributed by atoms with Gasteiger partial charge in [-0.25, -0.2) is 0 Å². The second kappa shape index (κ2) is 6.61. The average molecular weight is 241 g/mol. The maximum Gasteiger partial charge on any atom is 0.145 e. The number of hydrogen-bond donors (Lipinski definition) is 1. The van der Waals surface area contributed by atoms with Gasteiger partial charge in [-0.3, -0.25) is 4.68 Å². The lowest BCUT2D eigenvalue weighted by molar-refractivity contribution is -0.0353. The van der Waals surface area contributed by atoms with Crippen molar-refractivity contribution in [2.45, 2.75) is 39.3 Å². The Morgan fingerprint density at radius 2 is 2.06 bits per heavy atom. The number of aryl methyl sites for hydroxylation is 1. The molecule has 0 aliphatic carbocycles. The first-order valence-corrected chi connectivity index (χ1v) is 5.98. The number of nitrogens with two attached hydrogens (primary N) is 1. The fourth-order valence-electron chi connectivity index (χ4n) is 1.34. The quantitative estimate of drug-likeness (QED) is 0.738. The molecular formula is C12H23N3O2. The number of ether oxygens (including phenoxy) is 2. The highest BCUT2D eigenvalue weighted by Gasteiger charge is 2.08. The van der Waals surface area contributed by atoms with Crippen LogP contribution < -0.4 is 5.73 Å². The van der Waals surface area contributed by atoms with E-state index in [1.54, 1.807) is 6.07 Å². The largest absolute Gasteiger partial charge is 0.382 e. The third kappa shape index (κ3) is 6.97. The maximum atomic E-state index is 5.54. The Kier molecular flexibility index (Phi) is 5.44. The molecule has 0 amide bonds. The molecule has 0 aliphatic heterocycles. The van der Waals surface area contributed by atoms with E-state index in [0.717, 1.165) is 13.0 Å². The van der Waals surface area contributed by atoms with Gasteiger partial charge in [0.05, 0.1) is 18.8 Å². The lowest BCUT2D eigenvalue weighted by atomic mass is 10.2. The van der Waals surface area contributed by atoms with Gasteiger partial charge in [-0.2, -0.15) is 5.10 Å². The summed E-state index contributed by atoms with van der Waals surface area (Å²) in [6.07, 6.45) is 2.80. The zero-order valence-corrected chi connectivity index (χ0v) is 11.0. The number of hydrogen-bond acceptors (Lipinski definition) is 4. The molecule has 98 valence electrons. The van der Waals surface area contributed by atoms with Gasteiger partial charge in [-0.1, -0.05) is 0 Å². The molecule has 0 fully saturated rings. The standard InChI is InChI=1S/C12H23N3O2/c1-12(2,3)17-10-9-16-8-4-6-15-7-5-11(13)14-15/h5,7H,4,6,8-10H2,1-3H3,(H2,13,14). The molecule has 5 heteroatoms. The van der Waals surface area contributed by atoms with Crippen molar-refractivity contribution in [1.29, 1.82) is 0 Å². The predicted molar refractivity (Wildman–Crippen MR) is 67.8 cm³/mol. The summed E-state index contributed by atoms with van der Waals surface area (Å²) in [7, 11) is 0. The smallest absolute Gasteiger partial charge is 0.145 e. The van der Waals surface area contributed by atoms with Crippen LogP contribution in [0.4, 0.5) is 5.82 Å². The van der Waals surface area contributed by atoms with Crippen LogP contribution in [0.25, 0.3) is 0 Å². The van der Waals surface area contributed by atoms with Crippen LogP contribution in [0.3, 0.4) is 0 Å². The summed E-state index contributed by atoms with van der Waals surface area (Å²) in [5, 5.41) is 4.09. The van der Waals surface area contributed by atoms with Crippen LogP contribution in [-0.2, 0) is 16.0 Å². The molecule has 0 saturated heterocycles. The number of anilines is 1. The summed E-state index contributed by atoms with van der Waals surface area (Å²) >= 11 is 0. The minimum Gasteiger partial charge on any atom is -0.382 e. The molecule has 1 heterocycles. The SMILES string of the molecule is CC(C)(C)OCCOCCCn1ccc(N)n1. The summed E-state index contributed by atoms with van der Waals surface area (Å²) in [4.78, 5) is 0. The lowest BCUT2D eigenvalue weighted by Gasteiger charge is -2.19. The minimum absolute atomic E-state index is 0.0874.